The van der Waals surface area contributed by atoms with E-state index in [0.717, 1.165) is 27.9 Å². The molecule has 0 saturated heterocycles. The largest absolute Gasteiger partial charge is 0.487 e. The van der Waals surface area contributed by atoms with Gasteiger partial charge in [-0.25, -0.2) is 9.97 Å². The van der Waals surface area contributed by atoms with Gasteiger partial charge in [-0.15, -0.1) is 0 Å². The molecular formula is C24H22N4O3S. The average Bonchev–Trinajstić information content (AvgIpc) is 3.16. The summed E-state index contributed by atoms with van der Waals surface area (Å²) in [5, 5.41) is 4.23. The molecule has 0 fully saturated rings. The molecule has 0 radical (unpaired) electrons. The number of rotatable bonds is 6. The molecule has 0 atom stereocenters. The van der Waals surface area contributed by atoms with Crippen LogP contribution < -0.4 is 10.1 Å². The number of hydrogen-bond acceptors (Lipinski definition) is 6. The van der Waals surface area contributed by atoms with E-state index in [0.29, 0.717) is 33.6 Å². The van der Waals surface area contributed by atoms with Gasteiger partial charge in [-0.05, 0) is 43.3 Å². The molecule has 32 heavy (non-hydrogen) atoms. The van der Waals surface area contributed by atoms with Gasteiger partial charge in [-0.2, -0.15) is 0 Å². The molecule has 2 amide bonds. The minimum atomic E-state index is -0.301. The Kier molecular flexibility index (Phi) is 6.13. The number of hydrogen-bond donors (Lipinski definition) is 1. The molecular weight excluding hydrogens is 424 g/mol. The molecule has 2 heterocycles. The standard InChI is InChI=1S/C24H22N4O3S/c1-15-21(23(30)28(2)3)32-24(25-15)27-22(29)17-9-12-19(13-10-17)31-14-18-11-8-16-6-4-5-7-20(16)26-18/h4-13H,14H2,1-3H3,(H,25,27,29). The third kappa shape index (κ3) is 4.76. The molecule has 0 saturated carbocycles. The molecule has 1 N–H and O–H groups in total. The van der Waals surface area contributed by atoms with Crippen LogP contribution in [-0.4, -0.2) is 40.8 Å². The highest BCUT2D eigenvalue weighted by atomic mass is 32.1. The third-order valence-electron chi connectivity index (χ3n) is 4.78. The lowest BCUT2D eigenvalue weighted by molar-refractivity contribution is 0.0831. The Balaban J connectivity index is 1.38. The van der Waals surface area contributed by atoms with Crippen LogP contribution in [0, 0.1) is 6.92 Å². The molecule has 2 aromatic heterocycles. The molecule has 0 bridgehead atoms. The van der Waals surface area contributed by atoms with Gasteiger partial charge in [0, 0.05) is 25.0 Å². The van der Waals surface area contributed by atoms with Crippen molar-refractivity contribution in [1.82, 2.24) is 14.9 Å². The fourth-order valence-corrected chi connectivity index (χ4v) is 4.05. The Bertz CT molecular complexity index is 1280. The first-order valence-corrected chi connectivity index (χ1v) is 10.8. The van der Waals surface area contributed by atoms with Crippen LogP contribution in [-0.2, 0) is 6.61 Å². The zero-order chi connectivity index (χ0) is 22.7. The maximum absolute atomic E-state index is 12.6. The van der Waals surface area contributed by atoms with Gasteiger partial charge in [0.25, 0.3) is 11.8 Å². The van der Waals surface area contributed by atoms with Crippen molar-refractivity contribution in [3.63, 3.8) is 0 Å². The molecule has 2 aromatic carbocycles. The number of thiazole rings is 1. The number of aromatic nitrogens is 2. The lowest BCUT2D eigenvalue weighted by atomic mass is 10.2. The number of aryl methyl sites for hydroxylation is 1. The molecule has 0 unspecified atom stereocenters. The Morgan fingerprint density at radius 2 is 1.75 bits per heavy atom. The number of nitrogens with zero attached hydrogens (tertiary/aromatic N) is 3. The number of anilines is 1. The lowest BCUT2D eigenvalue weighted by Gasteiger charge is -2.08. The number of pyridine rings is 1. The number of fused-ring (bicyclic) bond motifs is 1. The van der Waals surface area contributed by atoms with Crippen molar-refractivity contribution < 1.29 is 14.3 Å². The van der Waals surface area contributed by atoms with Gasteiger partial charge in [0.15, 0.2) is 5.13 Å². The van der Waals surface area contributed by atoms with Crippen LogP contribution in [0.1, 0.15) is 31.4 Å². The van der Waals surface area contributed by atoms with Crippen molar-refractivity contribution in [3.8, 4) is 5.75 Å². The summed E-state index contributed by atoms with van der Waals surface area (Å²) in [5.41, 5.74) is 2.81. The third-order valence-corrected chi connectivity index (χ3v) is 5.84. The Labute approximate surface area is 189 Å². The average molecular weight is 447 g/mol. The Hall–Kier alpha value is -3.78. The maximum atomic E-state index is 12.6. The number of ether oxygens (including phenoxy) is 1. The highest BCUT2D eigenvalue weighted by Crippen LogP contribution is 2.24. The Morgan fingerprint density at radius 3 is 2.50 bits per heavy atom. The predicted molar refractivity (Wildman–Crippen MR) is 125 cm³/mol. The van der Waals surface area contributed by atoms with Crippen LogP contribution in [0.4, 0.5) is 5.13 Å². The zero-order valence-electron chi connectivity index (χ0n) is 18.0. The maximum Gasteiger partial charge on any atom is 0.265 e. The van der Waals surface area contributed by atoms with E-state index in [-0.39, 0.29) is 11.8 Å². The van der Waals surface area contributed by atoms with Crippen LogP contribution in [0.15, 0.2) is 60.7 Å². The smallest absolute Gasteiger partial charge is 0.265 e. The summed E-state index contributed by atoms with van der Waals surface area (Å²) in [5.74, 6) is 0.203. The number of carbonyl (C=O) groups is 2. The molecule has 8 heteroatoms. The normalized spacial score (nSPS) is 10.7. The molecule has 4 aromatic rings. The topological polar surface area (TPSA) is 84.4 Å². The highest BCUT2D eigenvalue weighted by molar-refractivity contribution is 7.17. The molecule has 4 rings (SSSR count). The van der Waals surface area contributed by atoms with Crippen LogP contribution in [0.25, 0.3) is 10.9 Å². The zero-order valence-corrected chi connectivity index (χ0v) is 18.8. The van der Waals surface area contributed by atoms with E-state index in [1.165, 1.54) is 4.90 Å². The van der Waals surface area contributed by atoms with Crippen LogP contribution in [0.3, 0.4) is 0 Å². The fraction of sp³-hybridized carbons (Fsp3) is 0.167. The monoisotopic (exact) mass is 446 g/mol. The number of amides is 2. The SMILES string of the molecule is Cc1nc(NC(=O)c2ccc(OCc3ccc4ccccc4n3)cc2)sc1C(=O)N(C)C. The Morgan fingerprint density at radius 1 is 1.00 bits per heavy atom. The van der Waals surface area contributed by atoms with Gasteiger partial charge < -0.3 is 9.64 Å². The van der Waals surface area contributed by atoms with Crippen LogP contribution in [0.5, 0.6) is 5.75 Å². The lowest BCUT2D eigenvalue weighted by Crippen LogP contribution is -2.21. The van der Waals surface area contributed by atoms with E-state index >= 15 is 0 Å². The van der Waals surface area contributed by atoms with Gasteiger partial charge in [-0.1, -0.05) is 35.6 Å². The summed E-state index contributed by atoms with van der Waals surface area (Å²) < 4.78 is 5.82. The van der Waals surface area contributed by atoms with E-state index in [2.05, 4.69) is 15.3 Å². The van der Waals surface area contributed by atoms with Crippen molar-refractivity contribution in [2.75, 3.05) is 19.4 Å². The second-order valence-corrected chi connectivity index (χ2v) is 8.39. The molecule has 0 aliphatic rings. The number of nitrogens with one attached hydrogen (secondary N) is 1. The van der Waals surface area contributed by atoms with E-state index in [1.54, 1.807) is 45.3 Å². The molecule has 7 nitrogen and oxygen atoms in total. The summed E-state index contributed by atoms with van der Waals surface area (Å²) in [4.78, 5) is 35.6. The first kappa shape index (κ1) is 21.5. The summed E-state index contributed by atoms with van der Waals surface area (Å²) in [6, 6.07) is 18.7. The van der Waals surface area contributed by atoms with Gasteiger partial charge in [0.2, 0.25) is 0 Å². The minimum Gasteiger partial charge on any atom is -0.487 e. The first-order valence-electron chi connectivity index (χ1n) is 9.98. The first-order chi connectivity index (χ1) is 15.4. The van der Waals surface area contributed by atoms with Crippen LogP contribution in [0.2, 0.25) is 0 Å². The second kappa shape index (κ2) is 9.15. The van der Waals surface area contributed by atoms with Crippen molar-refractivity contribution in [2.24, 2.45) is 0 Å². The van der Waals surface area contributed by atoms with Crippen molar-refractivity contribution in [2.45, 2.75) is 13.5 Å². The molecule has 162 valence electrons. The fourth-order valence-electron chi connectivity index (χ4n) is 3.07. The molecule has 0 aliphatic heterocycles. The van der Waals surface area contributed by atoms with Crippen molar-refractivity contribution in [1.29, 1.82) is 0 Å². The van der Waals surface area contributed by atoms with Crippen LogP contribution >= 0.6 is 11.3 Å². The van der Waals surface area contributed by atoms with Crippen molar-refractivity contribution in [3.05, 3.63) is 82.5 Å². The van der Waals surface area contributed by atoms with E-state index in [1.807, 2.05) is 36.4 Å². The number of para-hydroxylation sites is 1. The summed E-state index contributed by atoms with van der Waals surface area (Å²) >= 11 is 1.16. The van der Waals surface area contributed by atoms with Gasteiger partial charge in [-0.3, -0.25) is 14.9 Å². The summed E-state index contributed by atoms with van der Waals surface area (Å²) in [7, 11) is 3.36. The minimum absolute atomic E-state index is 0.136. The summed E-state index contributed by atoms with van der Waals surface area (Å²) in [6.45, 7) is 2.08. The molecule has 0 aliphatic carbocycles. The predicted octanol–water partition coefficient (Wildman–Crippen LogP) is 4.53. The van der Waals surface area contributed by atoms with E-state index in [9.17, 15) is 9.59 Å². The summed E-state index contributed by atoms with van der Waals surface area (Å²) in [6.07, 6.45) is 0. The van der Waals surface area contributed by atoms with Gasteiger partial charge in [0.05, 0.1) is 16.9 Å². The van der Waals surface area contributed by atoms with Gasteiger partial charge in [0.1, 0.15) is 17.2 Å². The second-order valence-electron chi connectivity index (χ2n) is 7.40. The number of benzene rings is 2. The highest BCUT2D eigenvalue weighted by Gasteiger charge is 2.18. The van der Waals surface area contributed by atoms with E-state index in [4.69, 9.17) is 4.74 Å². The van der Waals surface area contributed by atoms with Gasteiger partial charge >= 0.3 is 0 Å². The number of carbonyl (C=O) groups excluding carboxylic acids is 2. The van der Waals surface area contributed by atoms with E-state index < -0.39 is 0 Å². The quantitative estimate of drug-likeness (QED) is 0.470. The van der Waals surface area contributed by atoms with Crippen molar-refractivity contribution >= 4 is 39.2 Å². The molecule has 0 spiro atoms.